The molecule has 5 heteroatoms. The quantitative estimate of drug-likeness (QED) is 0.912. The number of carboxylic acid groups (broad SMARTS) is 1. The lowest BCUT2D eigenvalue weighted by Crippen LogP contribution is -2.35. The van der Waals surface area contributed by atoms with Gasteiger partial charge in [0.15, 0.2) is 0 Å². The second-order valence-corrected chi connectivity index (χ2v) is 5.78. The number of hydrogen-bond acceptors (Lipinski definition) is 3. The highest BCUT2D eigenvalue weighted by Gasteiger charge is 2.43. The molecule has 1 saturated heterocycles. The van der Waals surface area contributed by atoms with Crippen molar-refractivity contribution in [3.63, 3.8) is 0 Å². The Hall–Kier alpha value is -1.91. The van der Waals surface area contributed by atoms with E-state index in [2.05, 4.69) is 4.98 Å². The van der Waals surface area contributed by atoms with Crippen LogP contribution in [0.5, 0.6) is 0 Å². The van der Waals surface area contributed by atoms with Gasteiger partial charge < -0.3 is 10.0 Å². The van der Waals surface area contributed by atoms with Crippen LogP contribution in [0.3, 0.4) is 0 Å². The van der Waals surface area contributed by atoms with Gasteiger partial charge in [0.2, 0.25) is 0 Å². The largest absolute Gasteiger partial charge is 0.481 e. The molecule has 2 aliphatic rings. The number of aliphatic carboxylic acids is 1. The standard InChI is InChI=1S/C15H18N2O3/c18-14(19)7-10-3-4-13-6-12(10)9-17(13)15(20)11-2-1-5-16-8-11/h1-2,5,8,10,12-13H,3-4,6-7,9H2,(H,18,19). The molecule has 0 radical (unpaired) electrons. The molecular weight excluding hydrogens is 256 g/mol. The molecule has 3 rings (SSSR count). The molecule has 1 N–H and O–H groups in total. The molecule has 1 aliphatic heterocycles. The Labute approximate surface area is 117 Å². The van der Waals surface area contributed by atoms with Gasteiger partial charge >= 0.3 is 5.97 Å². The van der Waals surface area contributed by atoms with E-state index in [1.165, 1.54) is 0 Å². The first kappa shape index (κ1) is 13.1. The minimum absolute atomic E-state index is 0.0292. The van der Waals surface area contributed by atoms with Gasteiger partial charge in [-0.2, -0.15) is 0 Å². The smallest absolute Gasteiger partial charge is 0.303 e. The summed E-state index contributed by atoms with van der Waals surface area (Å²) < 4.78 is 0. The molecule has 2 heterocycles. The van der Waals surface area contributed by atoms with Crippen LogP contribution in [-0.4, -0.2) is 39.5 Å². The molecule has 0 aromatic carbocycles. The van der Waals surface area contributed by atoms with E-state index in [4.69, 9.17) is 5.11 Å². The topological polar surface area (TPSA) is 70.5 Å². The van der Waals surface area contributed by atoms with Crippen molar-refractivity contribution in [2.24, 2.45) is 11.8 Å². The van der Waals surface area contributed by atoms with Crippen molar-refractivity contribution in [3.8, 4) is 0 Å². The predicted octanol–water partition coefficient (Wildman–Crippen LogP) is 1.80. The number of nitrogens with zero attached hydrogens (tertiary/aromatic N) is 2. The molecular formula is C15H18N2O3. The maximum Gasteiger partial charge on any atom is 0.303 e. The molecule has 1 aliphatic carbocycles. The first-order chi connectivity index (χ1) is 9.65. The number of carbonyl (C=O) groups is 2. The van der Waals surface area contributed by atoms with Gasteiger partial charge in [0, 0.05) is 31.4 Å². The summed E-state index contributed by atoms with van der Waals surface area (Å²) in [4.78, 5) is 29.3. The van der Waals surface area contributed by atoms with Gasteiger partial charge in [0.1, 0.15) is 0 Å². The summed E-state index contributed by atoms with van der Waals surface area (Å²) >= 11 is 0. The van der Waals surface area contributed by atoms with E-state index in [0.717, 1.165) is 19.3 Å². The first-order valence-corrected chi connectivity index (χ1v) is 7.08. The van der Waals surface area contributed by atoms with Crippen molar-refractivity contribution in [2.45, 2.75) is 31.7 Å². The highest BCUT2D eigenvalue weighted by Crippen LogP contribution is 2.41. The third kappa shape index (κ3) is 2.40. The molecule has 1 aromatic rings. The van der Waals surface area contributed by atoms with Crippen LogP contribution in [0.1, 0.15) is 36.0 Å². The monoisotopic (exact) mass is 274 g/mol. The SMILES string of the molecule is O=C(O)CC1CCC2CC1CN2C(=O)c1cccnc1. The summed E-state index contributed by atoms with van der Waals surface area (Å²) in [6.07, 6.45) is 6.26. The molecule has 2 fully saturated rings. The van der Waals surface area contributed by atoms with Crippen LogP contribution < -0.4 is 0 Å². The molecule has 106 valence electrons. The average molecular weight is 274 g/mol. The summed E-state index contributed by atoms with van der Waals surface area (Å²) in [5, 5.41) is 8.96. The lowest BCUT2D eigenvalue weighted by molar-refractivity contribution is -0.138. The number of hydrogen-bond donors (Lipinski definition) is 1. The van der Waals surface area contributed by atoms with Crippen molar-refractivity contribution >= 4 is 11.9 Å². The molecule has 20 heavy (non-hydrogen) atoms. The van der Waals surface area contributed by atoms with Gasteiger partial charge in [0.25, 0.3) is 5.91 Å². The Morgan fingerprint density at radius 1 is 1.40 bits per heavy atom. The predicted molar refractivity (Wildman–Crippen MR) is 72.1 cm³/mol. The van der Waals surface area contributed by atoms with Gasteiger partial charge in [-0.25, -0.2) is 0 Å². The fourth-order valence-corrected chi connectivity index (χ4v) is 3.61. The molecule has 3 unspecified atom stereocenters. The van der Waals surface area contributed by atoms with E-state index in [0.29, 0.717) is 18.0 Å². The molecule has 1 amide bonds. The zero-order valence-corrected chi connectivity index (χ0v) is 11.2. The normalized spacial score (nSPS) is 28.4. The zero-order valence-electron chi connectivity index (χ0n) is 11.2. The summed E-state index contributed by atoms with van der Waals surface area (Å²) in [5.74, 6) is -0.145. The Morgan fingerprint density at radius 2 is 2.25 bits per heavy atom. The van der Waals surface area contributed by atoms with E-state index in [9.17, 15) is 9.59 Å². The molecule has 1 saturated carbocycles. The Kier molecular flexibility index (Phi) is 3.42. The lowest BCUT2D eigenvalue weighted by atomic mass is 9.78. The summed E-state index contributed by atoms with van der Waals surface area (Å²) in [6, 6.07) is 3.83. The molecule has 0 spiro atoms. The summed E-state index contributed by atoms with van der Waals surface area (Å²) in [6.45, 7) is 0.691. The maximum absolute atomic E-state index is 12.5. The Balaban J connectivity index is 1.72. The van der Waals surface area contributed by atoms with E-state index in [1.807, 2.05) is 4.90 Å². The third-order valence-electron chi connectivity index (χ3n) is 4.59. The number of rotatable bonds is 3. The average Bonchev–Trinajstić information content (AvgIpc) is 2.80. The molecule has 2 bridgehead atoms. The summed E-state index contributed by atoms with van der Waals surface area (Å²) in [7, 11) is 0. The van der Waals surface area contributed by atoms with Gasteiger partial charge in [-0.15, -0.1) is 0 Å². The Bertz CT molecular complexity index is 517. The van der Waals surface area contributed by atoms with Crippen LogP contribution in [0.15, 0.2) is 24.5 Å². The molecule has 5 nitrogen and oxygen atoms in total. The van der Waals surface area contributed by atoms with E-state index >= 15 is 0 Å². The van der Waals surface area contributed by atoms with Crippen molar-refractivity contribution in [1.82, 2.24) is 9.88 Å². The van der Waals surface area contributed by atoms with Gasteiger partial charge in [-0.1, -0.05) is 0 Å². The van der Waals surface area contributed by atoms with Crippen molar-refractivity contribution in [3.05, 3.63) is 30.1 Å². The van der Waals surface area contributed by atoms with Crippen LogP contribution in [0.25, 0.3) is 0 Å². The number of fused-ring (bicyclic) bond motifs is 2. The van der Waals surface area contributed by atoms with E-state index in [-0.39, 0.29) is 24.3 Å². The summed E-state index contributed by atoms with van der Waals surface area (Å²) in [5.41, 5.74) is 0.620. The second kappa shape index (κ2) is 5.23. The zero-order chi connectivity index (χ0) is 14.1. The first-order valence-electron chi connectivity index (χ1n) is 7.08. The number of carbonyl (C=O) groups excluding carboxylic acids is 1. The van der Waals surface area contributed by atoms with Crippen LogP contribution in [0, 0.1) is 11.8 Å². The highest BCUT2D eigenvalue weighted by atomic mass is 16.4. The van der Waals surface area contributed by atoms with Crippen molar-refractivity contribution in [2.75, 3.05) is 6.54 Å². The molecule has 3 atom stereocenters. The minimum Gasteiger partial charge on any atom is -0.481 e. The van der Waals surface area contributed by atoms with Crippen LogP contribution in [0.2, 0.25) is 0 Å². The lowest BCUT2D eigenvalue weighted by Gasteiger charge is -2.27. The fourth-order valence-electron chi connectivity index (χ4n) is 3.61. The van der Waals surface area contributed by atoms with E-state index < -0.39 is 5.97 Å². The Morgan fingerprint density at radius 3 is 2.95 bits per heavy atom. The van der Waals surface area contributed by atoms with Gasteiger partial charge in [-0.3, -0.25) is 14.6 Å². The number of carboxylic acids is 1. The number of aromatic nitrogens is 1. The minimum atomic E-state index is -0.731. The number of likely N-dealkylation sites (tertiary alicyclic amines) is 1. The second-order valence-electron chi connectivity index (χ2n) is 5.78. The van der Waals surface area contributed by atoms with Crippen LogP contribution in [-0.2, 0) is 4.79 Å². The molecule has 1 aromatic heterocycles. The van der Waals surface area contributed by atoms with Crippen LogP contribution >= 0.6 is 0 Å². The van der Waals surface area contributed by atoms with E-state index in [1.54, 1.807) is 24.5 Å². The third-order valence-corrected chi connectivity index (χ3v) is 4.59. The number of pyridine rings is 1. The maximum atomic E-state index is 12.5. The van der Waals surface area contributed by atoms with Crippen molar-refractivity contribution in [1.29, 1.82) is 0 Å². The number of amides is 1. The van der Waals surface area contributed by atoms with Gasteiger partial charge in [-0.05, 0) is 43.2 Å². The highest BCUT2D eigenvalue weighted by molar-refractivity contribution is 5.94. The van der Waals surface area contributed by atoms with Crippen molar-refractivity contribution < 1.29 is 14.7 Å². The van der Waals surface area contributed by atoms with Gasteiger partial charge in [0.05, 0.1) is 5.56 Å². The van der Waals surface area contributed by atoms with Crippen LogP contribution in [0.4, 0.5) is 0 Å². The fraction of sp³-hybridized carbons (Fsp3) is 0.533.